The summed E-state index contributed by atoms with van der Waals surface area (Å²) in [6.45, 7) is 0.0808. The van der Waals surface area contributed by atoms with E-state index in [1.165, 1.54) is 12.1 Å². The molecule has 0 N–H and O–H groups in total. The fraction of sp³-hybridized carbons (Fsp3) is 0.0667. The van der Waals surface area contributed by atoms with E-state index < -0.39 is 0 Å². The van der Waals surface area contributed by atoms with E-state index in [1.54, 1.807) is 24.3 Å². The molecular weight excluding hydrogens is 295 g/mol. The van der Waals surface area contributed by atoms with Crippen LogP contribution in [0.15, 0.2) is 53.1 Å². The van der Waals surface area contributed by atoms with Gasteiger partial charge in [-0.2, -0.15) is 4.98 Å². The largest absolute Gasteiger partial charge is 0.485 e. The third-order valence-electron chi connectivity index (χ3n) is 2.74. The molecule has 6 heteroatoms. The zero-order valence-corrected chi connectivity index (χ0v) is 11.5. The van der Waals surface area contributed by atoms with Crippen LogP contribution in [0.1, 0.15) is 5.82 Å². The first-order chi connectivity index (χ1) is 10.2. The Labute approximate surface area is 125 Å². The molecular formula is C15H10ClFN2O2. The van der Waals surface area contributed by atoms with E-state index in [9.17, 15) is 4.39 Å². The van der Waals surface area contributed by atoms with E-state index in [2.05, 4.69) is 10.1 Å². The highest BCUT2D eigenvalue weighted by Crippen LogP contribution is 2.26. The Bertz CT molecular complexity index is 761. The number of nitrogens with zero attached hydrogens (tertiary/aromatic N) is 2. The van der Waals surface area contributed by atoms with Gasteiger partial charge in [-0.15, -0.1) is 0 Å². The lowest BCUT2D eigenvalue weighted by Crippen LogP contribution is -1.97. The topological polar surface area (TPSA) is 48.2 Å². The number of benzene rings is 2. The van der Waals surface area contributed by atoms with Crippen molar-refractivity contribution in [3.05, 3.63) is 65.2 Å². The van der Waals surface area contributed by atoms with Crippen LogP contribution in [-0.4, -0.2) is 10.1 Å². The van der Waals surface area contributed by atoms with E-state index in [0.717, 1.165) is 0 Å². The predicted molar refractivity (Wildman–Crippen MR) is 75.5 cm³/mol. The van der Waals surface area contributed by atoms with Crippen molar-refractivity contribution in [2.24, 2.45) is 0 Å². The highest BCUT2D eigenvalue weighted by Gasteiger charge is 2.12. The molecule has 0 saturated carbocycles. The zero-order chi connectivity index (χ0) is 14.7. The average molecular weight is 305 g/mol. The van der Waals surface area contributed by atoms with Crippen molar-refractivity contribution in [3.63, 3.8) is 0 Å². The van der Waals surface area contributed by atoms with Gasteiger partial charge in [0.1, 0.15) is 11.6 Å². The Morgan fingerprint density at radius 3 is 2.81 bits per heavy atom. The quantitative estimate of drug-likeness (QED) is 0.728. The maximum atomic E-state index is 13.0. The minimum atomic E-state index is -0.364. The second-order valence-corrected chi connectivity index (χ2v) is 4.65. The smallest absolute Gasteiger partial charge is 0.259 e. The summed E-state index contributed by atoms with van der Waals surface area (Å²) < 4.78 is 23.6. The number of hydrogen-bond donors (Lipinski definition) is 0. The van der Waals surface area contributed by atoms with Gasteiger partial charge in [0.2, 0.25) is 5.82 Å². The van der Waals surface area contributed by atoms with Gasteiger partial charge < -0.3 is 9.26 Å². The third kappa shape index (κ3) is 3.20. The molecule has 0 unspecified atom stereocenters. The number of rotatable bonds is 4. The molecule has 0 aliphatic heterocycles. The van der Waals surface area contributed by atoms with E-state index in [1.807, 2.05) is 12.1 Å². The molecule has 0 aliphatic rings. The molecule has 0 spiro atoms. The van der Waals surface area contributed by atoms with E-state index in [-0.39, 0.29) is 12.4 Å². The van der Waals surface area contributed by atoms with Gasteiger partial charge in [-0.05, 0) is 24.3 Å². The van der Waals surface area contributed by atoms with Gasteiger partial charge in [-0.1, -0.05) is 35.0 Å². The minimum Gasteiger partial charge on any atom is -0.485 e. The van der Waals surface area contributed by atoms with Crippen LogP contribution in [0.25, 0.3) is 11.5 Å². The molecule has 3 aromatic rings. The maximum Gasteiger partial charge on any atom is 0.259 e. The molecule has 0 saturated heterocycles. The van der Waals surface area contributed by atoms with Gasteiger partial charge in [-0.25, -0.2) is 4.39 Å². The van der Waals surface area contributed by atoms with Crippen LogP contribution < -0.4 is 4.74 Å². The summed E-state index contributed by atoms with van der Waals surface area (Å²) in [5, 5.41) is 4.33. The minimum absolute atomic E-state index is 0.0808. The lowest BCUT2D eigenvalue weighted by Gasteiger charge is -2.02. The molecule has 0 atom stereocenters. The summed E-state index contributed by atoms with van der Waals surface area (Å²) in [6.07, 6.45) is 0. The lowest BCUT2D eigenvalue weighted by atomic mass is 10.2. The normalized spacial score (nSPS) is 10.6. The molecule has 0 amide bonds. The third-order valence-corrected chi connectivity index (χ3v) is 3.07. The van der Waals surface area contributed by atoms with Gasteiger partial charge in [0.15, 0.2) is 6.61 Å². The molecule has 106 valence electrons. The van der Waals surface area contributed by atoms with E-state index >= 15 is 0 Å². The monoisotopic (exact) mass is 304 g/mol. The van der Waals surface area contributed by atoms with Crippen LogP contribution in [0, 0.1) is 5.82 Å². The van der Waals surface area contributed by atoms with Crippen molar-refractivity contribution < 1.29 is 13.7 Å². The van der Waals surface area contributed by atoms with Crippen LogP contribution in [0.5, 0.6) is 5.75 Å². The first kappa shape index (κ1) is 13.6. The van der Waals surface area contributed by atoms with Gasteiger partial charge in [0.05, 0.1) is 10.6 Å². The fourth-order valence-corrected chi connectivity index (χ4v) is 1.98. The SMILES string of the molecule is Fc1cccc(OCc2noc(-c3ccccc3Cl)n2)c1. The summed E-state index contributed by atoms with van der Waals surface area (Å²) in [5.41, 5.74) is 0.656. The summed E-state index contributed by atoms with van der Waals surface area (Å²) in [5.74, 6) is 0.712. The van der Waals surface area contributed by atoms with Gasteiger partial charge in [-0.3, -0.25) is 0 Å². The summed E-state index contributed by atoms with van der Waals surface area (Å²) in [7, 11) is 0. The first-order valence-electron chi connectivity index (χ1n) is 6.18. The second kappa shape index (κ2) is 5.93. The summed E-state index contributed by atoms with van der Waals surface area (Å²) in [6, 6.07) is 13.0. The molecule has 2 aromatic carbocycles. The van der Waals surface area contributed by atoms with E-state index in [0.29, 0.717) is 28.1 Å². The summed E-state index contributed by atoms with van der Waals surface area (Å²) >= 11 is 6.06. The molecule has 1 heterocycles. The Hall–Kier alpha value is -2.40. The van der Waals surface area contributed by atoms with Crippen molar-refractivity contribution in [1.82, 2.24) is 10.1 Å². The van der Waals surface area contributed by atoms with E-state index in [4.69, 9.17) is 20.9 Å². The number of halogens is 2. The molecule has 1 aromatic heterocycles. The van der Waals surface area contributed by atoms with Crippen molar-refractivity contribution in [2.75, 3.05) is 0 Å². The second-order valence-electron chi connectivity index (χ2n) is 4.24. The zero-order valence-electron chi connectivity index (χ0n) is 10.8. The fourth-order valence-electron chi connectivity index (χ4n) is 1.76. The van der Waals surface area contributed by atoms with Gasteiger partial charge in [0.25, 0.3) is 5.89 Å². The molecule has 4 nitrogen and oxygen atoms in total. The van der Waals surface area contributed by atoms with Gasteiger partial charge >= 0.3 is 0 Å². The maximum absolute atomic E-state index is 13.0. The summed E-state index contributed by atoms with van der Waals surface area (Å²) in [4.78, 5) is 4.20. The van der Waals surface area contributed by atoms with Gasteiger partial charge in [0, 0.05) is 6.07 Å². The standard InChI is InChI=1S/C15H10ClFN2O2/c16-13-7-2-1-6-12(13)15-18-14(19-21-15)9-20-11-5-3-4-10(17)8-11/h1-8H,9H2. The van der Waals surface area contributed by atoms with Crippen LogP contribution in [0.4, 0.5) is 4.39 Å². The van der Waals surface area contributed by atoms with Crippen molar-refractivity contribution >= 4 is 11.6 Å². The number of aromatic nitrogens is 2. The molecule has 0 bridgehead atoms. The Morgan fingerprint density at radius 1 is 1.14 bits per heavy atom. The van der Waals surface area contributed by atoms with Crippen LogP contribution in [-0.2, 0) is 6.61 Å². The highest BCUT2D eigenvalue weighted by molar-refractivity contribution is 6.33. The number of hydrogen-bond acceptors (Lipinski definition) is 4. The lowest BCUT2D eigenvalue weighted by molar-refractivity contribution is 0.286. The number of ether oxygens (including phenoxy) is 1. The molecule has 0 radical (unpaired) electrons. The highest BCUT2D eigenvalue weighted by atomic mass is 35.5. The Kier molecular flexibility index (Phi) is 3.83. The molecule has 0 fully saturated rings. The van der Waals surface area contributed by atoms with Crippen molar-refractivity contribution in [2.45, 2.75) is 6.61 Å². The average Bonchev–Trinajstić information content (AvgIpc) is 2.94. The molecule has 0 aliphatic carbocycles. The first-order valence-corrected chi connectivity index (χ1v) is 6.56. The predicted octanol–water partition coefficient (Wildman–Crippen LogP) is 4.11. The van der Waals surface area contributed by atoms with Crippen molar-refractivity contribution in [1.29, 1.82) is 0 Å². The van der Waals surface area contributed by atoms with Crippen LogP contribution in [0.3, 0.4) is 0 Å². The molecule has 3 rings (SSSR count). The van der Waals surface area contributed by atoms with Crippen LogP contribution in [0.2, 0.25) is 5.02 Å². The van der Waals surface area contributed by atoms with Crippen molar-refractivity contribution in [3.8, 4) is 17.2 Å². The molecule has 21 heavy (non-hydrogen) atoms. The van der Waals surface area contributed by atoms with Crippen LogP contribution >= 0.6 is 11.6 Å². The Morgan fingerprint density at radius 2 is 2.00 bits per heavy atom. The Balaban J connectivity index is 1.72.